The van der Waals surface area contributed by atoms with Crippen LogP contribution in [0.4, 0.5) is 10.5 Å². The van der Waals surface area contributed by atoms with Crippen LogP contribution in [0.2, 0.25) is 0 Å². The minimum atomic E-state index is -0.306. The molecule has 0 spiro atoms. The Hall–Kier alpha value is -3.35. The lowest BCUT2D eigenvalue weighted by Gasteiger charge is -2.07. The van der Waals surface area contributed by atoms with E-state index in [1.807, 2.05) is 60.7 Å². The lowest BCUT2D eigenvalue weighted by Crippen LogP contribution is -2.34. The van der Waals surface area contributed by atoms with E-state index in [0.717, 1.165) is 30.0 Å². The predicted molar refractivity (Wildman–Crippen MR) is 103 cm³/mol. The van der Waals surface area contributed by atoms with Gasteiger partial charge >= 0.3 is 11.7 Å². The summed E-state index contributed by atoms with van der Waals surface area (Å²) in [7, 11) is 0. The number of rotatable bonds is 6. The summed E-state index contributed by atoms with van der Waals surface area (Å²) in [5.74, 6) is 1.15. The smallest absolute Gasteiger partial charge is 0.336 e. The number of carbonyl (C=O) groups is 1. The molecule has 1 saturated carbocycles. The van der Waals surface area contributed by atoms with Gasteiger partial charge in [-0.3, -0.25) is 0 Å². The standard InChI is InChI=1S/C20H21N5O2/c26-19(22-16-7-3-1-4-8-16)21-13-14-24-20(27)25(17-9-5-2-6-10-17)18(23-24)15-11-12-15/h1-10,15H,11-14H2,(H2,21,22,26). The second kappa shape index (κ2) is 7.49. The van der Waals surface area contributed by atoms with E-state index in [9.17, 15) is 9.59 Å². The van der Waals surface area contributed by atoms with E-state index in [-0.39, 0.29) is 11.7 Å². The summed E-state index contributed by atoms with van der Waals surface area (Å²) in [6.45, 7) is 0.634. The van der Waals surface area contributed by atoms with Crippen LogP contribution in [0.15, 0.2) is 65.5 Å². The molecular formula is C20H21N5O2. The maximum absolute atomic E-state index is 12.8. The SMILES string of the molecule is O=C(NCCn1nc(C2CC2)n(-c2ccccc2)c1=O)Nc1ccccc1. The van der Waals surface area contributed by atoms with Crippen molar-refractivity contribution in [2.45, 2.75) is 25.3 Å². The minimum Gasteiger partial charge on any atom is -0.336 e. The third-order valence-corrected chi connectivity index (χ3v) is 4.46. The fourth-order valence-corrected chi connectivity index (χ4v) is 2.97. The van der Waals surface area contributed by atoms with Crippen molar-refractivity contribution in [1.82, 2.24) is 19.7 Å². The number of amides is 2. The Labute approximate surface area is 156 Å². The third kappa shape index (κ3) is 3.92. The van der Waals surface area contributed by atoms with Crippen LogP contribution in [-0.4, -0.2) is 26.9 Å². The number of carbonyl (C=O) groups excluding carboxylic acids is 1. The summed E-state index contributed by atoms with van der Waals surface area (Å²) in [6, 6.07) is 18.5. The van der Waals surface area contributed by atoms with E-state index in [0.29, 0.717) is 19.0 Å². The molecule has 4 rings (SSSR count). The van der Waals surface area contributed by atoms with E-state index in [4.69, 9.17) is 0 Å². The van der Waals surface area contributed by atoms with Gasteiger partial charge in [0.25, 0.3) is 0 Å². The first-order chi connectivity index (χ1) is 13.2. The number of hydrogen-bond donors (Lipinski definition) is 2. The van der Waals surface area contributed by atoms with Gasteiger partial charge in [-0.1, -0.05) is 36.4 Å². The molecule has 7 nitrogen and oxygen atoms in total. The van der Waals surface area contributed by atoms with E-state index < -0.39 is 0 Å². The fraction of sp³-hybridized carbons (Fsp3) is 0.250. The number of para-hydroxylation sites is 2. The van der Waals surface area contributed by atoms with Gasteiger partial charge in [0.1, 0.15) is 5.82 Å². The first-order valence-corrected chi connectivity index (χ1v) is 9.07. The molecule has 2 amide bonds. The second-order valence-electron chi connectivity index (χ2n) is 6.56. The fourth-order valence-electron chi connectivity index (χ4n) is 2.97. The molecule has 2 N–H and O–H groups in total. The topological polar surface area (TPSA) is 81.0 Å². The van der Waals surface area contributed by atoms with Crippen molar-refractivity contribution in [3.8, 4) is 5.69 Å². The molecule has 1 aliphatic rings. The number of nitrogens with one attached hydrogen (secondary N) is 2. The summed E-state index contributed by atoms with van der Waals surface area (Å²) < 4.78 is 3.12. The first kappa shape index (κ1) is 17.1. The molecular weight excluding hydrogens is 342 g/mol. The lowest BCUT2D eigenvalue weighted by atomic mass is 10.3. The van der Waals surface area contributed by atoms with Crippen molar-refractivity contribution in [3.63, 3.8) is 0 Å². The molecule has 0 atom stereocenters. The number of nitrogens with zero attached hydrogens (tertiary/aromatic N) is 3. The molecule has 1 aromatic heterocycles. The molecule has 0 saturated heterocycles. The molecule has 138 valence electrons. The van der Waals surface area contributed by atoms with Crippen molar-refractivity contribution >= 4 is 11.7 Å². The number of anilines is 1. The highest BCUT2D eigenvalue weighted by molar-refractivity contribution is 5.89. The highest BCUT2D eigenvalue weighted by atomic mass is 16.2. The van der Waals surface area contributed by atoms with Crippen LogP contribution in [0.25, 0.3) is 5.69 Å². The van der Waals surface area contributed by atoms with Crippen LogP contribution < -0.4 is 16.3 Å². The van der Waals surface area contributed by atoms with Crippen LogP contribution >= 0.6 is 0 Å². The van der Waals surface area contributed by atoms with Crippen LogP contribution in [0, 0.1) is 0 Å². The van der Waals surface area contributed by atoms with Crippen LogP contribution in [0.5, 0.6) is 0 Å². The highest BCUT2D eigenvalue weighted by Gasteiger charge is 2.31. The number of benzene rings is 2. The molecule has 3 aromatic rings. The number of aromatic nitrogens is 3. The van der Waals surface area contributed by atoms with Crippen LogP contribution in [0.3, 0.4) is 0 Å². The normalized spacial score (nSPS) is 13.3. The zero-order valence-corrected chi connectivity index (χ0v) is 14.8. The van der Waals surface area contributed by atoms with Crippen molar-refractivity contribution in [3.05, 3.63) is 77.0 Å². The molecule has 2 aromatic carbocycles. The monoisotopic (exact) mass is 363 g/mol. The Kier molecular flexibility index (Phi) is 4.74. The summed E-state index contributed by atoms with van der Waals surface area (Å²) in [6.07, 6.45) is 2.11. The van der Waals surface area contributed by atoms with Gasteiger partial charge in [-0.05, 0) is 37.1 Å². The van der Waals surface area contributed by atoms with E-state index >= 15 is 0 Å². The highest BCUT2D eigenvalue weighted by Crippen LogP contribution is 2.39. The van der Waals surface area contributed by atoms with Crippen molar-refractivity contribution in [2.75, 3.05) is 11.9 Å². The molecule has 0 aliphatic heterocycles. The Morgan fingerprint density at radius 3 is 2.37 bits per heavy atom. The Morgan fingerprint density at radius 2 is 1.70 bits per heavy atom. The zero-order valence-electron chi connectivity index (χ0n) is 14.8. The molecule has 27 heavy (non-hydrogen) atoms. The third-order valence-electron chi connectivity index (χ3n) is 4.46. The van der Waals surface area contributed by atoms with Gasteiger partial charge in [-0.15, -0.1) is 0 Å². The van der Waals surface area contributed by atoms with Crippen LogP contribution in [-0.2, 0) is 6.54 Å². The maximum Gasteiger partial charge on any atom is 0.350 e. The Balaban J connectivity index is 1.44. The van der Waals surface area contributed by atoms with E-state index in [1.165, 1.54) is 4.68 Å². The first-order valence-electron chi connectivity index (χ1n) is 9.07. The van der Waals surface area contributed by atoms with Gasteiger partial charge in [0.05, 0.1) is 12.2 Å². The van der Waals surface area contributed by atoms with Crippen LogP contribution in [0.1, 0.15) is 24.6 Å². The van der Waals surface area contributed by atoms with E-state index in [2.05, 4.69) is 15.7 Å². The lowest BCUT2D eigenvalue weighted by molar-refractivity contribution is 0.251. The Morgan fingerprint density at radius 1 is 1.04 bits per heavy atom. The minimum absolute atomic E-state index is 0.173. The summed E-state index contributed by atoms with van der Waals surface area (Å²) in [5, 5.41) is 10.0. The van der Waals surface area contributed by atoms with E-state index in [1.54, 1.807) is 4.57 Å². The summed E-state index contributed by atoms with van der Waals surface area (Å²) in [4.78, 5) is 24.8. The second-order valence-corrected chi connectivity index (χ2v) is 6.56. The van der Waals surface area contributed by atoms with Crippen molar-refractivity contribution in [2.24, 2.45) is 0 Å². The summed E-state index contributed by atoms with van der Waals surface area (Å²) in [5.41, 5.74) is 1.37. The number of hydrogen-bond acceptors (Lipinski definition) is 3. The summed E-state index contributed by atoms with van der Waals surface area (Å²) >= 11 is 0. The van der Waals surface area contributed by atoms with Gasteiger partial charge in [0, 0.05) is 18.2 Å². The molecule has 1 fully saturated rings. The molecule has 0 bridgehead atoms. The van der Waals surface area contributed by atoms with Gasteiger partial charge in [-0.25, -0.2) is 18.8 Å². The molecule has 0 radical (unpaired) electrons. The predicted octanol–water partition coefficient (Wildman–Crippen LogP) is 2.73. The number of urea groups is 1. The molecule has 1 aliphatic carbocycles. The quantitative estimate of drug-likeness (QED) is 0.707. The largest absolute Gasteiger partial charge is 0.350 e. The van der Waals surface area contributed by atoms with Crippen molar-refractivity contribution in [1.29, 1.82) is 0 Å². The van der Waals surface area contributed by atoms with Gasteiger partial charge in [0.15, 0.2) is 0 Å². The van der Waals surface area contributed by atoms with Gasteiger partial charge in [0.2, 0.25) is 0 Å². The molecule has 0 unspecified atom stereocenters. The zero-order chi connectivity index (χ0) is 18.6. The molecule has 1 heterocycles. The maximum atomic E-state index is 12.8. The average Bonchev–Trinajstić information content (AvgIpc) is 3.48. The molecule has 7 heteroatoms. The van der Waals surface area contributed by atoms with Crippen molar-refractivity contribution < 1.29 is 4.79 Å². The Bertz CT molecular complexity index is 975. The van der Waals surface area contributed by atoms with Gasteiger partial charge < -0.3 is 10.6 Å². The average molecular weight is 363 g/mol. The van der Waals surface area contributed by atoms with Gasteiger partial charge in [-0.2, -0.15) is 5.10 Å².